The van der Waals surface area contributed by atoms with Crippen LogP contribution in [0.2, 0.25) is 5.02 Å². The van der Waals surface area contributed by atoms with Gasteiger partial charge in [-0.3, -0.25) is 0 Å². The number of aryl methyl sites for hydroxylation is 1. The fourth-order valence-electron chi connectivity index (χ4n) is 0.808. The van der Waals surface area contributed by atoms with Gasteiger partial charge in [0, 0.05) is 8.59 Å². The van der Waals surface area contributed by atoms with E-state index in [4.69, 9.17) is 11.6 Å². The quantitative estimate of drug-likeness (QED) is 0.683. The molecule has 1 aromatic carbocycles. The van der Waals surface area contributed by atoms with Crippen LogP contribution in [0.5, 0.6) is 0 Å². The summed E-state index contributed by atoms with van der Waals surface area (Å²) in [6, 6.07) is 6.14. The van der Waals surface area contributed by atoms with Gasteiger partial charge in [-0.05, 0) is 46.7 Å². The van der Waals surface area contributed by atoms with Gasteiger partial charge in [0.2, 0.25) is 0 Å². The molecule has 0 unspecified atom stereocenters. The van der Waals surface area contributed by atoms with Crippen LogP contribution in [-0.4, -0.2) is 0 Å². The number of halogens is 2. The first kappa shape index (κ1) is 8.34. The molecule has 54 valence electrons. The Morgan fingerprint density at radius 2 is 2.20 bits per heavy atom. The van der Waals surface area contributed by atoms with Gasteiger partial charge in [-0.1, -0.05) is 24.6 Å². The van der Waals surface area contributed by atoms with E-state index in [9.17, 15) is 0 Å². The van der Waals surface area contributed by atoms with Crippen LogP contribution in [0.3, 0.4) is 0 Å². The molecule has 0 radical (unpaired) electrons. The Kier molecular flexibility index (Phi) is 2.98. The lowest BCUT2D eigenvalue weighted by Crippen LogP contribution is -1.81. The van der Waals surface area contributed by atoms with Gasteiger partial charge < -0.3 is 0 Å². The van der Waals surface area contributed by atoms with E-state index in [1.54, 1.807) is 0 Å². The van der Waals surface area contributed by atoms with Gasteiger partial charge in [-0.25, -0.2) is 0 Å². The lowest BCUT2D eigenvalue weighted by atomic mass is 10.2. The van der Waals surface area contributed by atoms with Crippen LogP contribution in [0.15, 0.2) is 18.2 Å². The third-order valence-corrected chi connectivity index (χ3v) is 2.42. The van der Waals surface area contributed by atoms with Crippen molar-refractivity contribution in [3.8, 4) is 0 Å². The summed E-state index contributed by atoms with van der Waals surface area (Å²) in [7, 11) is 0. The number of hydrogen-bond acceptors (Lipinski definition) is 0. The van der Waals surface area contributed by atoms with E-state index >= 15 is 0 Å². The van der Waals surface area contributed by atoms with Gasteiger partial charge in [0.1, 0.15) is 0 Å². The third-order valence-electron chi connectivity index (χ3n) is 1.40. The Morgan fingerprint density at radius 3 is 2.70 bits per heavy atom. The number of benzene rings is 1. The van der Waals surface area contributed by atoms with Crippen molar-refractivity contribution in [1.82, 2.24) is 0 Å². The summed E-state index contributed by atoms with van der Waals surface area (Å²) in [5.41, 5.74) is 1.22. The molecule has 0 atom stereocenters. The summed E-state index contributed by atoms with van der Waals surface area (Å²) in [4.78, 5) is 0. The van der Waals surface area contributed by atoms with Crippen LogP contribution in [0.25, 0.3) is 0 Å². The maximum Gasteiger partial charge on any atom is 0.0448 e. The van der Waals surface area contributed by atoms with E-state index in [-0.39, 0.29) is 0 Å². The molecule has 2 heteroatoms. The first-order valence-electron chi connectivity index (χ1n) is 3.18. The minimum Gasteiger partial charge on any atom is -0.0840 e. The molecule has 0 saturated heterocycles. The van der Waals surface area contributed by atoms with Crippen molar-refractivity contribution >= 4 is 34.2 Å². The van der Waals surface area contributed by atoms with Crippen molar-refractivity contribution in [3.05, 3.63) is 32.4 Å². The van der Waals surface area contributed by atoms with Crippen LogP contribution >= 0.6 is 34.2 Å². The van der Waals surface area contributed by atoms with Crippen molar-refractivity contribution in [2.75, 3.05) is 0 Å². The zero-order chi connectivity index (χ0) is 7.56. The van der Waals surface area contributed by atoms with Gasteiger partial charge in [-0.15, -0.1) is 0 Å². The van der Waals surface area contributed by atoms with Crippen LogP contribution in [0.4, 0.5) is 0 Å². The van der Waals surface area contributed by atoms with Gasteiger partial charge >= 0.3 is 0 Å². The molecule has 0 aliphatic rings. The van der Waals surface area contributed by atoms with Crippen LogP contribution in [0.1, 0.15) is 12.5 Å². The lowest BCUT2D eigenvalue weighted by molar-refractivity contribution is 1.14. The van der Waals surface area contributed by atoms with Crippen molar-refractivity contribution in [2.45, 2.75) is 13.3 Å². The first-order chi connectivity index (χ1) is 4.74. The summed E-state index contributed by atoms with van der Waals surface area (Å²) in [5, 5.41) is 0.884. The Morgan fingerprint density at radius 1 is 1.50 bits per heavy atom. The number of hydrogen-bond donors (Lipinski definition) is 0. The van der Waals surface area contributed by atoms with E-state index in [0.29, 0.717) is 0 Å². The normalized spacial score (nSPS) is 9.90. The zero-order valence-electron chi connectivity index (χ0n) is 5.70. The molecule has 0 aliphatic heterocycles. The molecular formula is C8H8ClI. The molecule has 10 heavy (non-hydrogen) atoms. The molecule has 0 N–H and O–H groups in total. The molecule has 0 saturated carbocycles. The largest absolute Gasteiger partial charge is 0.0840 e. The predicted octanol–water partition coefficient (Wildman–Crippen LogP) is 3.51. The zero-order valence-corrected chi connectivity index (χ0v) is 8.61. The van der Waals surface area contributed by atoms with Crippen molar-refractivity contribution in [2.24, 2.45) is 0 Å². The molecule has 0 aromatic heterocycles. The van der Waals surface area contributed by atoms with Crippen molar-refractivity contribution < 1.29 is 0 Å². The SMILES string of the molecule is CCc1ccc(I)cc1Cl. The molecular weight excluding hydrogens is 258 g/mol. The second-order valence-corrected chi connectivity index (χ2v) is 3.74. The highest BCUT2D eigenvalue weighted by Gasteiger charge is 1.96. The topological polar surface area (TPSA) is 0 Å². The first-order valence-corrected chi connectivity index (χ1v) is 4.63. The molecule has 0 bridgehead atoms. The van der Waals surface area contributed by atoms with Crippen LogP contribution in [-0.2, 0) is 6.42 Å². The van der Waals surface area contributed by atoms with Gasteiger partial charge in [0.15, 0.2) is 0 Å². The summed E-state index contributed by atoms with van der Waals surface area (Å²) >= 11 is 8.18. The van der Waals surface area contributed by atoms with E-state index < -0.39 is 0 Å². The van der Waals surface area contributed by atoms with Crippen molar-refractivity contribution in [3.63, 3.8) is 0 Å². The fraction of sp³-hybridized carbons (Fsp3) is 0.250. The minimum atomic E-state index is 0.884. The highest BCUT2D eigenvalue weighted by molar-refractivity contribution is 14.1. The standard InChI is InChI=1S/C8H8ClI/c1-2-6-3-4-7(10)5-8(6)9/h3-5H,2H2,1H3. The van der Waals surface area contributed by atoms with Gasteiger partial charge in [0.25, 0.3) is 0 Å². The summed E-state index contributed by atoms with van der Waals surface area (Å²) in [6.45, 7) is 2.11. The molecule has 0 nitrogen and oxygen atoms in total. The Hall–Kier alpha value is 0.240. The predicted molar refractivity (Wildman–Crippen MR) is 53.5 cm³/mol. The van der Waals surface area contributed by atoms with E-state index in [0.717, 1.165) is 11.4 Å². The molecule has 0 amide bonds. The average Bonchev–Trinajstić information content (AvgIpc) is 1.88. The van der Waals surface area contributed by atoms with Gasteiger partial charge in [0.05, 0.1) is 0 Å². The summed E-state index contributed by atoms with van der Waals surface area (Å²) < 4.78 is 1.19. The Balaban J connectivity index is 3.07. The Labute approximate surface area is 79.7 Å². The minimum absolute atomic E-state index is 0.884. The van der Waals surface area contributed by atoms with E-state index in [2.05, 4.69) is 41.6 Å². The molecule has 0 aliphatic carbocycles. The third kappa shape index (κ3) is 1.86. The van der Waals surface area contributed by atoms with Crippen molar-refractivity contribution in [1.29, 1.82) is 0 Å². The molecule has 1 aromatic rings. The van der Waals surface area contributed by atoms with Crippen LogP contribution < -0.4 is 0 Å². The molecule has 0 heterocycles. The van der Waals surface area contributed by atoms with Gasteiger partial charge in [-0.2, -0.15) is 0 Å². The highest BCUT2D eigenvalue weighted by Crippen LogP contribution is 2.18. The van der Waals surface area contributed by atoms with Crippen LogP contribution in [0, 0.1) is 3.57 Å². The lowest BCUT2D eigenvalue weighted by Gasteiger charge is -1.99. The maximum atomic E-state index is 5.92. The average molecular weight is 267 g/mol. The number of rotatable bonds is 1. The fourth-order valence-corrected chi connectivity index (χ4v) is 1.80. The maximum absolute atomic E-state index is 5.92. The van der Waals surface area contributed by atoms with E-state index in [1.807, 2.05) is 6.07 Å². The second-order valence-electron chi connectivity index (χ2n) is 2.09. The highest BCUT2D eigenvalue weighted by atomic mass is 127. The molecule has 0 fully saturated rings. The smallest absolute Gasteiger partial charge is 0.0448 e. The summed E-state index contributed by atoms with van der Waals surface area (Å²) in [6.07, 6.45) is 1.01. The molecule has 0 spiro atoms. The Bertz CT molecular complexity index is 233. The molecule has 1 rings (SSSR count). The second kappa shape index (κ2) is 3.58. The van der Waals surface area contributed by atoms with E-state index in [1.165, 1.54) is 9.13 Å². The monoisotopic (exact) mass is 266 g/mol. The summed E-state index contributed by atoms with van der Waals surface area (Å²) in [5.74, 6) is 0.